The first-order valence-electron chi connectivity index (χ1n) is 1.52. The molecular weight excluding hydrogens is 144 g/mol. The lowest BCUT2D eigenvalue weighted by Gasteiger charge is -1.57. The molecule has 0 heterocycles. The zero-order valence-electron chi connectivity index (χ0n) is 3.40. The summed E-state index contributed by atoms with van der Waals surface area (Å²) in [5.74, 6) is 0. The van der Waals surface area contributed by atoms with Gasteiger partial charge in [0.05, 0.1) is 0 Å². The van der Waals surface area contributed by atoms with Gasteiger partial charge in [-0.05, 0) is 6.04 Å². The molecule has 5 heavy (non-hydrogen) atoms. The predicted octanol–water partition coefficient (Wildman–Crippen LogP) is 0.534. The molecule has 0 aliphatic heterocycles. The van der Waals surface area contributed by atoms with Crippen molar-refractivity contribution in [1.29, 1.82) is 0 Å². The van der Waals surface area contributed by atoms with E-state index in [9.17, 15) is 0 Å². The molecule has 0 aromatic carbocycles. The van der Waals surface area contributed by atoms with Crippen molar-refractivity contribution in [2.24, 2.45) is 0 Å². The van der Waals surface area contributed by atoms with Gasteiger partial charge in [0.2, 0.25) is 0 Å². The minimum absolute atomic E-state index is 0. The van der Waals surface area contributed by atoms with Crippen molar-refractivity contribution < 1.29 is 0 Å². The van der Waals surface area contributed by atoms with Gasteiger partial charge < -0.3 is 0 Å². The summed E-state index contributed by atoms with van der Waals surface area (Å²) < 4.78 is 0. The van der Waals surface area contributed by atoms with Gasteiger partial charge in [-0.1, -0.05) is 6.08 Å². The summed E-state index contributed by atoms with van der Waals surface area (Å²) in [6.07, 6.45) is 1.94. The predicted molar refractivity (Wildman–Crippen MR) is 35.3 cm³/mol. The van der Waals surface area contributed by atoms with Gasteiger partial charge >= 0.3 is 0 Å². The highest BCUT2D eigenvalue weighted by Gasteiger charge is 1.46. The number of rotatable bonds is 1. The molecule has 0 saturated carbocycles. The lowest BCUT2D eigenvalue weighted by Crippen LogP contribution is -1.47. The average molecular weight is 153 g/mol. The molecule has 0 rings (SSSR count). The Morgan fingerprint density at radius 2 is 2.00 bits per heavy atom. The van der Waals surface area contributed by atoms with Crippen molar-refractivity contribution in [3.8, 4) is 0 Å². The van der Waals surface area contributed by atoms with Crippen LogP contribution in [0.2, 0.25) is 6.04 Å². The Morgan fingerprint density at radius 1 is 1.80 bits per heavy atom. The Bertz CT molecular complexity index is 20.9. The van der Waals surface area contributed by atoms with Crippen LogP contribution in [0.4, 0.5) is 0 Å². The minimum atomic E-state index is 0. The maximum Gasteiger partial charge on any atom is 0.00753 e. The zero-order valence-corrected chi connectivity index (χ0v) is 7.11. The lowest BCUT2D eigenvalue weighted by molar-refractivity contribution is 1.76. The molecule has 0 N–H and O–H groups in total. The average Bonchev–Trinajstić information content (AvgIpc) is 1.37. The number of hydrogen-bond acceptors (Lipinski definition) is 0. The molecular formula is C3H9BrSi. The molecule has 0 aliphatic rings. The molecule has 0 radical (unpaired) electrons. The fraction of sp³-hybridized carbons (Fsp3) is 0.333. The second kappa shape index (κ2) is 8.83. The highest BCUT2D eigenvalue weighted by Crippen LogP contribution is 1.61. The smallest absolute Gasteiger partial charge is 0.00753 e. The quantitative estimate of drug-likeness (QED) is 0.381. The van der Waals surface area contributed by atoms with Crippen molar-refractivity contribution in [2.45, 2.75) is 6.04 Å². The molecule has 0 saturated heterocycles. The van der Waals surface area contributed by atoms with Crippen LogP contribution in [-0.4, -0.2) is 10.2 Å². The third kappa shape index (κ3) is 12.8. The van der Waals surface area contributed by atoms with E-state index in [0.29, 0.717) is 0 Å². The number of hydrogen-bond donors (Lipinski definition) is 0. The summed E-state index contributed by atoms with van der Waals surface area (Å²) in [6, 6.07) is 1.22. The van der Waals surface area contributed by atoms with Crippen LogP contribution in [0.25, 0.3) is 0 Å². The van der Waals surface area contributed by atoms with Gasteiger partial charge in [-0.25, -0.2) is 0 Å². The minimum Gasteiger partial charge on any atom is -0.114 e. The monoisotopic (exact) mass is 152 g/mol. The molecule has 2 heteroatoms. The summed E-state index contributed by atoms with van der Waals surface area (Å²) in [4.78, 5) is 0. The zero-order chi connectivity index (χ0) is 3.41. The van der Waals surface area contributed by atoms with Crippen LogP contribution in [0.3, 0.4) is 0 Å². The summed E-state index contributed by atoms with van der Waals surface area (Å²) in [5.41, 5.74) is 0. The maximum absolute atomic E-state index is 3.51. The Hall–Kier alpha value is 0.437. The third-order valence-electron chi connectivity index (χ3n) is 0.289. The van der Waals surface area contributed by atoms with Gasteiger partial charge in [-0.2, -0.15) is 0 Å². The van der Waals surface area contributed by atoms with Gasteiger partial charge in [0, 0.05) is 10.2 Å². The van der Waals surface area contributed by atoms with E-state index in [1.54, 1.807) is 0 Å². The highest BCUT2D eigenvalue weighted by molar-refractivity contribution is 8.93. The van der Waals surface area contributed by atoms with Gasteiger partial charge in [-0.15, -0.1) is 23.6 Å². The van der Waals surface area contributed by atoms with E-state index in [1.165, 1.54) is 16.3 Å². The van der Waals surface area contributed by atoms with Crippen molar-refractivity contribution in [2.75, 3.05) is 0 Å². The van der Waals surface area contributed by atoms with Gasteiger partial charge in [0.25, 0.3) is 0 Å². The Labute approximate surface area is 46.5 Å². The van der Waals surface area contributed by atoms with Crippen molar-refractivity contribution in [3.05, 3.63) is 12.7 Å². The molecule has 0 spiro atoms. The Balaban J connectivity index is 0. The molecule has 0 aliphatic carbocycles. The fourth-order valence-electron chi connectivity index (χ4n) is 0. The van der Waals surface area contributed by atoms with E-state index in [1.807, 2.05) is 6.08 Å². The molecule has 0 aromatic rings. The summed E-state index contributed by atoms with van der Waals surface area (Å²) in [6.45, 7) is 3.51. The van der Waals surface area contributed by atoms with Crippen LogP contribution in [0.15, 0.2) is 12.7 Å². The third-order valence-corrected chi connectivity index (χ3v) is 0.866. The number of allylic oxidation sites excluding steroid dienone is 1. The second-order valence-electron chi connectivity index (χ2n) is 0.697. The summed E-state index contributed by atoms with van der Waals surface area (Å²) in [5, 5.41) is 0. The van der Waals surface area contributed by atoms with Gasteiger partial charge in [0.1, 0.15) is 0 Å². The van der Waals surface area contributed by atoms with Crippen LogP contribution in [0.5, 0.6) is 0 Å². The van der Waals surface area contributed by atoms with E-state index < -0.39 is 0 Å². The highest BCUT2D eigenvalue weighted by atomic mass is 79.9. The van der Waals surface area contributed by atoms with Crippen LogP contribution < -0.4 is 0 Å². The first-order chi connectivity index (χ1) is 1.91. The molecule has 0 fully saturated rings. The van der Waals surface area contributed by atoms with E-state index in [2.05, 4.69) is 6.58 Å². The van der Waals surface area contributed by atoms with E-state index in [-0.39, 0.29) is 17.0 Å². The first kappa shape index (κ1) is 9.06. The van der Waals surface area contributed by atoms with E-state index >= 15 is 0 Å². The van der Waals surface area contributed by atoms with Gasteiger partial charge in [0.15, 0.2) is 0 Å². The van der Waals surface area contributed by atoms with E-state index in [0.717, 1.165) is 0 Å². The van der Waals surface area contributed by atoms with Crippen LogP contribution in [0, 0.1) is 0 Å². The lowest BCUT2D eigenvalue weighted by atomic mass is 10.8. The Morgan fingerprint density at radius 3 is 2.00 bits per heavy atom. The molecule has 0 nitrogen and oxygen atoms in total. The van der Waals surface area contributed by atoms with Crippen LogP contribution in [0.1, 0.15) is 0 Å². The summed E-state index contributed by atoms with van der Waals surface area (Å²) in [7, 11) is 1.27. The topological polar surface area (TPSA) is 0 Å². The van der Waals surface area contributed by atoms with Crippen molar-refractivity contribution >= 4 is 27.2 Å². The molecule has 0 bridgehead atoms. The van der Waals surface area contributed by atoms with Gasteiger partial charge in [-0.3, -0.25) is 0 Å². The molecule has 0 atom stereocenters. The van der Waals surface area contributed by atoms with Crippen molar-refractivity contribution in [3.63, 3.8) is 0 Å². The molecule has 32 valence electrons. The van der Waals surface area contributed by atoms with Crippen LogP contribution in [-0.2, 0) is 0 Å². The van der Waals surface area contributed by atoms with E-state index in [4.69, 9.17) is 0 Å². The molecule has 0 aromatic heterocycles. The number of halogens is 1. The van der Waals surface area contributed by atoms with Crippen LogP contribution >= 0.6 is 17.0 Å². The summed E-state index contributed by atoms with van der Waals surface area (Å²) >= 11 is 0. The maximum atomic E-state index is 3.51. The normalized spacial score (nSPS) is 5.60. The second-order valence-corrected chi connectivity index (χ2v) is 1.51. The SMILES string of the molecule is Br.C=CC[SiH3]. The molecule has 0 amide bonds. The molecule has 0 unspecified atom stereocenters. The van der Waals surface area contributed by atoms with Crippen molar-refractivity contribution in [1.82, 2.24) is 0 Å². The Kier molecular flexibility index (Phi) is 16.0. The largest absolute Gasteiger partial charge is 0.114 e. The standard InChI is InChI=1S/C3H8Si.BrH/c1-2-3-4;/h2H,1,3H2,4H3;1H. The fourth-order valence-corrected chi connectivity index (χ4v) is 0. The first-order valence-corrected chi connectivity index (χ1v) is 2.94.